The van der Waals surface area contributed by atoms with Gasteiger partial charge in [0.15, 0.2) is 0 Å². The molecule has 1 fully saturated rings. The van der Waals surface area contributed by atoms with E-state index in [1.807, 2.05) is 0 Å². The summed E-state index contributed by atoms with van der Waals surface area (Å²) in [5.41, 5.74) is 5.87. The maximum atomic E-state index is 13.0. The average molecular weight is 268 g/mol. The molecule has 1 saturated heterocycles. The summed E-state index contributed by atoms with van der Waals surface area (Å²) < 4.78 is 23.7. The number of carbonyl (C=O) groups excluding carboxylic acids is 1. The second-order valence-electron chi connectivity index (χ2n) is 4.49. The van der Waals surface area contributed by atoms with Crippen molar-refractivity contribution < 1.29 is 18.7 Å². The number of ether oxygens (including phenoxy) is 2. The molecular weight excluding hydrogens is 251 g/mol. The van der Waals surface area contributed by atoms with Crippen LogP contribution in [0.25, 0.3) is 0 Å². The molecule has 19 heavy (non-hydrogen) atoms. The van der Waals surface area contributed by atoms with Gasteiger partial charge in [-0.25, -0.2) is 4.39 Å². The first-order valence-corrected chi connectivity index (χ1v) is 6.15. The summed E-state index contributed by atoms with van der Waals surface area (Å²) in [6.07, 6.45) is 0.151. The zero-order valence-electron chi connectivity index (χ0n) is 10.7. The molecule has 1 aromatic carbocycles. The molecule has 104 valence electrons. The maximum Gasteiger partial charge on any atom is 0.253 e. The Kier molecular flexibility index (Phi) is 4.34. The van der Waals surface area contributed by atoms with Crippen LogP contribution in [0, 0.1) is 5.82 Å². The summed E-state index contributed by atoms with van der Waals surface area (Å²) in [6.45, 7) is 2.84. The SMILES string of the molecule is CC(OC1CCOC1)C(=O)Nc1ccc(F)c(N)c1. The van der Waals surface area contributed by atoms with Crippen LogP contribution >= 0.6 is 0 Å². The highest BCUT2D eigenvalue weighted by molar-refractivity contribution is 5.94. The topological polar surface area (TPSA) is 73.6 Å². The van der Waals surface area contributed by atoms with E-state index >= 15 is 0 Å². The van der Waals surface area contributed by atoms with E-state index in [1.54, 1.807) is 6.92 Å². The van der Waals surface area contributed by atoms with E-state index in [-0.39, 0.29) is 17.7 Å². The first kappa shape index (κ1) is 13.8. The van der Waals surface area contributed by atoms with Gasteiger partial charge in [0.2, 0.25) is 0 Å². The highest BCUT2D eigenvalue weighted by Gasteiger charge is 2.22. The molecule has 2 rings (SSSR count). The number of anilines is 2. The fraction of sp³-hybridized carbons (Fsp3) is 0.462. The van der Waals surface area contributed by atoms with Crippen LogP contribution in [0.4, 0.5) is 15.8 Å². The van der Waals surface area contributed by atoms with Gasteiger partial charge >= 0.3 is 0 Å². The van der Waals surface area contributed by atoms with Crippen molar-refractivity contribution in [3.05, 3.63) is 24.0 Å². The highest BCUT2D eigenvalue weighted by atomic mass is 19.1. The lowest BCUT2D eigenvalue weighted by Gasteiger charge is -2.17. The number of nitrogen functional groups attached to an aromatic ring is 1. The molecule has 5 nitrogen and oxygen atoms in total. The molecule has 6 heteroatoms. The molecule has 2 unspecified atom stereocenters. The lowest BCUT2D eigenvalue weighted by molar-refractivity contribution is -0.129. The summed E-state index contributed by atoms with van der Waals surface area (Å²) in [5.74, 6) is -0.802. The fourth-order valence-electron chi connectivity index (χ4n) is 1.84. The first-order valence-electron chi connectivity index (χ1n) is 6.15. The quantitative estimate of drug-likeness (QED) is 0.812. The van der Waals surface area contributed by atoms with Gasteiger partial charge in [0.05, 0.1) is 18.4 Å². The molecule has 0 bridgehead atoms. The monoisotopic (exact) mass is 268 g/mol. The van der Waals surface area contributed by atoms with Gasteiger partial charge in [0.1, 0.15) is 11.9 Å². The number of hydrogen-bond acceptors (Lipinski definition) is 4. The molecule has 1 aliphatic rings. The predicted molar refractivity (Wildman–Crippen MR) is 69.2 cm³/mol. The van der Waals surface area contributed by atoms with E-state index in [0.29, 0.717) is 18.9 Å². The number of amides is 1. The minimum atomic E-state index is -0.599. The van der Waals surface area contributed by atoms with Gasteiger partial charge in [-0.05, 0) is 31.5 Å². The van der Waals surface area contributed by atoms with E-state index in [4.69, 9.17) is 15.2 Å². The molecular formula is C13H17FN2O3. The van der Waals surface area contributed by atoms with Crippen LogP contribution in [-0.2, 0) is 14.3 Å². The van der Waals surface area contributed by atoms with Crippen molar-refractivity contribution in [1.82, 2.24) is 0 Å². The second kappa shape index (κ2) is 5.99. The number of nitrogens with one attached hydrogen (secondary N) is 1. The highest BCUT2D eigenvalue weighted by Crippen LogP contribution is 2.17. The number of nitrogens with two attached hydrogens (primary N) is 1. The molecule has 1 heterocycles. The van der Waals surface area contributed by atoms with Gasteiger partial charge in [-0.3, -0.25) is 4.79 Å². The lowest BCUT2D eigenvalue weighted by atomic mass is 10.2. The largest absolute Gasteiger partial charge is 0.396 e. The Bertz CT molecular complexity index is 461. The Morgan fingerprint density at radius 3 is 3.05 bits per heavy atom. The summed E-state index contributed by atoms with van der Waals surface area (Å²) in [4.78, 5) is 11.9. The Morgan fingerprint density at radius 2 is 2.42 bits per heavy atom. The van der Waals surface area contributed by atoms with Crippen molar-refractivity contribution in [2.75, 3.05) is 24.3 Å². The third-order valence-corrected chi connectivity index (χ3v) is 2.92. The molecule has 0 aromatic heterocycles. The number of halogens is 1. The standard InChI is InChI=1S/C13H17FN2O3/c1-8(19-10-4-5-18-7-10)13(17)16-9-2-3-11(14)12(15)6-9/h2-3,6,8,10H,4-5,7,15H2,1H3,(H,16,17). The Hall–Kier alpha value is -1.66. The van der Waals surface area contributed by atoms with E-state index in [1.165, 1.54) is 18.2 Å². The van der Waals surface area contributed by atoms with E-state index < -0.39 is 11.9 Å². The average Bonchev–Trinajstić information content (AvgIpc) is 2.86. The van der Waals surface area contributed by atoms with Crippen LogP contribution in [0.1, 0.15) is 13.3 Å². The molecule has 0 aliphatic carbocycles. The van der Waals surface area contributed by atoms with Crippen LogP contribution in [0.3, 0.4) is 0 Å². The first-order chi connectivity index (χ1) is 9.06. The van der Waals surface area contributed by atoms with Crippen molar-refractivity contribution in [2.24, 2.45) is 0 Å². The van der Waals surface area contributed by atoms with Gasteiger partial charge in [-0.2, -0.15) is 0 Å². The van der Waals surface area contributed by atoms with Crippen molar-refractivity contribution in [2.45, 2.75) is 25.6 Å². The zero-order valence-corrected chi connectivity index (χ0v) is 10.7. The number of rotatable bonds is 4. The summed E-state index contributed by atoms with van der Waals surface area (Å²) in [7, 11) is 0. The number of hydrogen-bond donors (Lipinski definition) is 2. The normalized spacial score (nSPS) is 20.2. The Balaban J connectivity index is 1.90. The van der Waals surface area contributed by atoms with Crippen molar-refractivity contribution in [3.8, 4) is 0 Å². The van der Waals surface area contributed by atoms with Crippen molar-refractivity contribution in [1.29, 1.82) is 0 Å². The van der Waals surface area contributed by atoms with Gasteiger partial charge in [0, 0.05) is 12.3 Å². The summed E-state index contributed by atoms with van der Waals surface area (Å²) >= 11 is 0. The molecule has 0 saturated carbocycles. The minimum absolute atomic E-state index is 0.00411. The Labute approximate surface area is 110 Å². The second-order valence-corrected chi connectivity index (χ2v) is 4.49. The van der Waals surface area contributed by atoms with E-state index in [0.717, 1.165) is 6.42 Å². The van der Waals surface area contributed by atoms with Crippen molar-refractivity contribution >= 4 is 17.3 Å². The maximum absolute atomic E-state index is 13.0. The van der Waals surface area contributed by atoms with Crippen LogP contribution in [0.5, 0.6) is 0 Å². The molecule has 2 atom stereocenters. The molecule has 1 aliphatic heterocycles. The lowest BCUT2D eigenvalue weighted by Crippen LogP contribution is -2.31. The third kappa shape index (κ3) is 3.65. The molecule has 0 radical (unpaired) electrons. The predicted octanol–water partition coefficient (Wildman–Crippen LogP) is 1.54. The van der Waals surface area contributed by atoms with Crippen LogP contribution < -0.4 is 11.1 Å². The smallest absolute Gasteiger partial charge is 0.253 e. The third-order valence-electron chi connectivity index (χ3n) is 2.92. The molecule has 0 spiro atoms. The van der Waals surface area contributed by atoms with Gasteiger partial charge in [0.25, 0.3) is 5.91 Å². The van der Waals surface area contributed by atoms with Gasteiger partial charge in [-0.1, -0.05) is 0 Å². The zero-order chi connectivity index (χ0) is 13.8. The molecule has 1 amide bonds. The summed E-state index contributed by atoms with van der Waals surface area (Å²) in [6, 6.07) is 4.04. The van der Waals surface area contributed by atoms with Crippen molar-refractivity contribution in [3.63, 3.8) is 0 Å². The Morgan fingerprint density at radius 1 is 1.63 bits per heavy atom. The van der Waals surface area contributed by atoms with Crippen LogP contribution in [0.15, 0.2) is 18.2 Å². The fourth-order valence-corrected chi connectivity index (χ4v) is 1.84. The van der Waals surface area contributed by atoms with E-state index in [9.17, 15) is 9.18 Å². The number of carbonyl (C=O) groups is 1. The van der Waals surface area contributed by atoms with Crippen LogP contribution in [0.2, 0.25) is 0 Å². The van der Waals surface area contributed by atoms with Gasteiger partial charge in [-0.15, -0.1) is 0 Å². The van der Waals surface area contributed by atoms with Gasteiger partial charge < -0.3 is 20.5 Å². The molecule has 1 aromatic rings. The number of benzene rings is 1. The van der Waals surface area contributed by atoms with Crippen LogP contribution in [-0.4, -0.2) is 31.3 Å². The minimum Gasteiger partial charge on any atom is -0.396 e. The summed E-state index contributed by atoms with van der Waals surface area (Å²) in [5, 5.41) is 2.63. The van der Waals surface area contributed by atoms with E-state index in [2.05, 4.69) is 5.32 Å². The molecule has 3 N–H and O–H groups in total.